The molecule has 0 unspecified atom stereocenters. The lowest BCUT2D eigenvalue weighted by atomic mass is 10.1. The molecule has 0 aliphatic carbocycles. The molecule has 4 aromatic carbocycles. The number of ether oxygens (including phenoxy) is 1. The monoisotopic (exact) mass is 538 g/mol. The Bertz CT molecular complexity index is 1590. The summed E-state index contributed by atoms with van der Waals surface area (Å²) in [7, 11) is 0. The molecule has 0 radical (unpaired) electrons. The molecular weight excluding hydrogens is 515 g/mol. The minimum Gasteiger partial charge on any atom is -0.462 e. The normalized spacial score (nSPS) is 11.1. The van der Waals surface area contributed by atoms with Crippen molar-refractivity contribution in [2.75, 3.05) is 6.61 Å². The maximum atomic E-state index is 12.3. The van der Waals surface area contributed by atoms with Gasteiger partial charge in [-0.05, 0) is 66.6 Å². The molecule has 1 heterocycles. The number of carbonyl (C=O) groups is 1. The average molecular weight is 539 g/mol. The zero-order valence-electron chi connectivity index (χ0n) is 20.6. The highest BCUT2D eigenvalue weighted by molar-refractivity contribution is 6.42. The van der Waals surface area contributed by atoms with Gasteiger partial charge in [-0.2, -0.15) is 0 Å². The molecule has 5 rings (SSSR count). The number of hydrogen-bond acceptors (Lipinski definition) is 3. The van der Waals surface area contributed by atoms with Crippen LogP contribution in [0.4, 0.5) is 5.69 Å². The number of halogens is 2. The summed E-state index contributed by atoms with van der Waals surface area (Å²) in [4.78, 5) is 17.0. The topological polar surface area (TPSA) is 43.6 Å². The largest absolute Gasteiger partial charge is 0.462 e. The number of aromatic nitrogens is 1. The summed E-state index contributed by atoms with van der Waals surface area (Å²) < 4.78 is 7.36. The maximum Gasteiger partial charge on any atom is 0.338 e. The fourth-order valence-electron chi connectivity index (χ4n) is 4.28. The van der Waals surface area contributed by atoms with E-state index in [1.165, 1.54) is 0 Å². The van der Waals surface area contributed by atoms with E-state index in [1.807, 2.05) is 60.8 Å². The zero-order valence-corrected chi connectivity index (χ0v) is 22.2. The summed E-state index contributed by atoms with van der Waals surface area (Å²) in [5.41, 5.74) is 7.08. The van der Waals surface area contributed by atoms with Crippen molar-refractivity contribution in [2.45, 2.75) is 6.92 Å². The van der Waals surface area contributed by atoms with Crippen molar-refractivity contribution in [3.05, 3.63) is 130 Å². The van der Waals surface area contributed by atoms with Crippen LogP contribution in [0.5, 0.6) is 0 Å². The smallest absolute Gasteiger partial charge is 0.338 e. The Hall–Kier alpha value is -4.12. The van der Waals surface area contributed by atoms with E-state index < -0.39 is 0 Å². The van der Waals surface area contributed by atoms with Crippen molar-refractivity contribution in [1.29, 1.82) is 0 Å². The Morgan fingerprint density at radius 3 is 2.11 bits per heavy atom. The van der Waals surface area contributed by atoms with E-state index in [9.17, 15) is 4.79 Å². The molecule has 4 nitrogen and oxygen atoms in total. The second-order valence-corrected chi connectivity index (χ2v) is 9.34. The predicted octanol–water partition coefficient (Wildman–Crippen LogP) is 9.05. The first-order valence-electron chi connectivity index (χ1n) is 12.2. The summed E-state index contributed by atoms with van der Waals surface area (Å²) >= 11 is 12.3. The van der Waals surface area contributed by atoms with Crippen molar-refractivity contribution in [3.63, 3.8) is 0 Å². The second-order valence-electron chi connectivity index (χ2n) is 8.52. The molecule has 6 heteroatoms. The predicted molar refractivity (Wildman–Crippen MR) is 156 cm³/mol. The third-order valence-electron chi connectivity index (χ3n) is 6.04. The number of nitrogens with zero attached hydrogens (tertiary/aromatic N) is 2. The average Bonchev–Trinajstić information content (AvgIpc) is 3.34. The van der Waals surface area contributed by atoms with Crippen LogP contribution in [-0.4, -0.2) is 23.4 Å². The maximum absolute atomic E-state index is 12.3. The van der Waals surface area contributed by atoms with E-state index in [0.717, 1.165) is 33.8 Å². The summed E-state index contributed by atoms with van der Waals surface area (Å²) in [5, 5.41) is 0.938. The van der Waals surface area contributed by atoms with Crippen LogP contribution >= 0.6 is 23.2 Å². The van der Waals surface area contributed by atoms with Gasteiger partial charge in [0.15, 0.2) is 0 Å². The Kier molecular flexibility index (Phi) is 7.73. The number of rotatable bonds is 7. The van der Waals surface area contributed by atoms with Crippen LogP contribution in [0.1, 0.15) is 22.8 Å². The van der Waals surface area contributed by atoms with E-state index in [1.54, 1.807) is 31.2 Å². The lowest BCUT2D eigenvalue weighted by Crippen LogP contribution is -2.05. The number of esters is 1. The molecule has 0 saturated carbocycles. The van der Waals surface area contributed by atoms with Crippen LogP contribution in [0.3, 0.4) is 0 Å². The van der Waals surface area contributed by atoms with Gasteiger partial charge >= 0.3 is 5.97 Å². The SMILES string of the molecule is CCOC(=O)c1ccc(-n2c(-c3ccccc3)cc(C=Nc3ccc(Cl)c(Cl)c3)c2-c2ccccc2)cc1. The second kappa shape index (κ2) is 11.5. The minimum absolute atomic E-state index is 0.329. The van der Waals surface area contributed by atoms with Gasteiger partial charge in [0.2, 0.25) is 0 Å². The highest BCUT2D eigenvalue weighted by atomic mass is 35.5. The van der Waals surface area contributed by atoms with Gasteiger partial charge in [0.05, 0.1) is 39.3 Å². The summed E-state index contributed by atoms with van der Waals surface area (Å²) in [5.74, 6) is -0.340. The standard InChI is InChI=1S/C32H24Cl2N2O2/c1-2-38-32(37)24-13-16-27(17-14-24)36-30(22-9-5-3-6-10-22)19-25(31(36)23-11-7-4-8-12-23)21-35-26-15-18-28(33)29(34)20-26/h3-21H,2H2,1H3. The summed E-state index contributed by atoms with van der Waals surface area (Å²) in [6.45, 7) is 2.13. The molecule has 0 N–H and O–H groups in total. The quantitative estimate of drug-likeness (QED) is 0.153. The van der Waals surface area contributed by atoms with Gasteiger partial charge in [-0.25, -0.2) is 4.79 Å². The van der Waals surface area contributed by atoms with Crippen LogP contribution in [0, 0.1) is 0 Å². The number of carbonyl (C=O) groups excluding carboxylic acids is 1. The fourth-order valence-corrected chi connectivity index (χ4v) is 4.57. The molecule has 1 aromatic heterocycles. The first kappa shape index (κ1) is 25.5. The molecule has 5 aromatic rings. The van der Waals surface area contributed by atoms with Crippen LogP contribution in [0.15, 0.2) is 114 Å². The Labute approximate surface area is 231 Å². The lowest BCUT2D eigenvalue weighted by Gasteiger charge is -2.15. The zero-order chi connectivity index (χ0) is 26.5. The highest BCUT2D eigenvalue weighted by Crippen LogP contribution is 2.36. The Balaban J connectivity index is 1.71. The van der Waals surface area contributed by atoms with Gasteiger partial charge in [0.25, 0.3) is 0 Å². The number of aliphatic imine (C=N–C) groups is 1. The van der Waals surface area contributed by atoms with Crippen molar-refractivity contribution in [1.82, 2.24) is 4.57 Å². The van der Waals surface area contributed by atoms with Crippen LogP contribution < -0.4 is 0 Å². The van der Waals surface area contributed by atoms with E-state index in [0.29, 0.717) is 27.9 Å². The molecule has 38 heavy (non-hydrogen) atoms. The third-order valence-corrected chi connectivity index (χ3v) is 6.78. The summed E-state index contributed by atoms with van der Waals surface area (Å²) in [6, 6.07) is 35.2. The van der Waals surface area contributed by atoms with Gasteiger partial charge in [0, 0.05) is 17.5 Å². The first-order valence-corrected chi connectivity index (χ1v) is 12.9. The number of hydrogen-bond donors (Lipinski definition) is 0. The van der Waals surface area contributed by atoms with E-state index in [4.69, 9.17) is 32.9 Å². The highest BCUT2D eigenvalue weighted by Gasteiger charge is 2.19. The fraction of sp³-hybridized carbons (Fsp3) is 0.0625. The molecule has 0 aliphatic heterocycles. The molecule has 0 spiro atoms. The van der Waals surface area contributed by atoms with Crippen molar-refractivity contribution in [3.8, 4) is 28.2 Å². The van der Waals surface area contributed by atoms with Crippen molar-refractivity contribution >= 4 is 41.1 Å². The minimum atomic E-state index is -0.340. The van der Waals surface area contributed by atoms with Crippen LogP contribution in [-0.2, 0) is 4.74 Å². The van der Waals surface area contributed by atoms with Gasteiger partial charge in [0.1, 0.15) is 0 Å². The first-order chi connectivity index (χ1) is 18.5. The van der Waals surface area contributed by atoms with Crippen molar-refractivity contribution < 1.29 is 9.53 Å². The molecule has 0 fully saturated rings. The molecular formula is C32H24Cl2N2O2. The van der Waals surface area contributed by atoms with Crippen LogP contribution in [0.25, 0.3) is 28.2 Å². The van der Waals surface area contributed by atoms with Crippen molar-refractivity contribution in [2.24, 2.45) is 4.99 Å². The molecule has 0 amide bonds. The van der Waals surface area contributed by atoms with E-state index in [2.05, 4.69) is 34.9 Å². The Morgan fingerprint density at radius 2 is 1.47 bits per heavy atom. The summed E-state index contributed by atoms with van der Waals surface area (Å²) in [6.07, 6.45) is 1.85. The lowest BCUT2D eigenvalue weighted by molar-refractivity contribution is 0.0526. The molecule has 0 saturated heterocycles. The molecule has 188 valence electrons. The van der Waals surface area contributed by atoms with Crippen LogP contribution in [0.2, 0.25) is 10.0 Å². The molecule has 0 atom stereocenters. The van der Waals surface area contributed by atoms with E-state index in [-0.39, 0.29) is 5.97 Å². The van der Waals surface area contributed by atoms with Gasteiger partial charge < -0.3 is 9.30 Å². The Morgan fingerprint density at radius 1 is 0.816 bits per heavy atom. The number of benzene rings is 4. The molecule has 0 aliphatic rings. The van der Waals surface area contributed by atoms with Gasteiger partial charge in [-0.3, -0.25) is 4.99 Å². The van der Waals surface area contributed by atoms with Gasteiger partial charge in [-0.15, -0.1) is 0 Å². The third kappa shape index (κ3) is 5.42. The van der Waals surface area contributed by atoms with E-state index >= 15 is 0 Å². The molecule has 0 bridgehead atoms. The van der Waals surface area contributed by atoms with Gasteiger partial charge in [-0.1, -0.05) is 83.9 Å².